The van der Waals surface area contributed by atoms with Crippen molar-refractivity contribution in [2.75, 3.05) is 0 Å². The van der Waals surface area contributed by atoms with Crippen molar-refractivity contribution in [3.05, 3.63) is 63.0 Å². The molecule has 3 nitrogen and oxygen atoms in total. The van der Waals surface area contributed by atoms with Gasteiger partial charge in [-0.3, -0.25) is 4.79 Å². The first kappa shape index (κ1) is 15.7. The molecule has 0 aliphatic rings. The molecule has 3 heterocycles. The summed E-state index contributed by atoms with van der Waals surface area (Å²) in [6, 6.07) is 5.19. The Kier molecular flexibility index (Phi) is 3.55. The lowest BCUT2D eigenvalue weighted by atomic mass is 10.2. The highest BCUT2D eigenvalue weighted by atomic mass is 32.1. The molecule has 0 aromatic carbocycles. The SMILES string of the molecule is O=c1c2cccn2ccn1Cc1ccc(C(F)(F)C(F)(F)F)s1. The van der Waals surface area contributed by atoms with Crippen molar-refractivity contribution in [2.45, 2.75) is 18.6 Å². The fourth-order valence-electron chi connectivity index (χ4n) is 2.14. The fourth-order valence-corrected chi connectivity index (χ4v) is 3.14. The number of fused-ring (bicyclic) bond motifs is 1. The van der Waals surface area contributed by atoms with Gasteiger partial charge in [0.05, 0.1) is 11.4 Å². The molecular formula is C14H9F5N2OS. The Balaban J connectivity index is 1.92. The minimum absolute atomic E-state index is 0.0703. The van der Waals surface area contributed by atoms with Crippen molar-refractivity contribution in [3.63, 3.8) is 0 Å². The van der Waals surface area contributed by atoms with Gasteiger partial charge in [0.15, 0.2) is 0 Å². The average Bonchev–Trinajstić information content (AvgIpc) is 3.10. The van der Waals surface area contributed by atoms with Gasteiger partial charge in [0.1, 0.15) is 5.52 Å². The van der Waals surface area contributed by atoms with Gasteiger partial charge in [-0.1, -0.05) is 0 Å². The number of nitrogens with zero attached hydrogens (tertiary/aromatic N) is 2. The number of thiophene rings is 1. The van der Waals surface area contributed by atoms with Crippen LogP contribution in [-0.4, -0.2) is 15.1 Å². The Morgan fingerprint density at radius 2 is 1.74 bits per heavy atom. The second-order valence-corrected chi connectivity index (χ2v) is 6.04. The lowest BCUT2D eigenvalue weighted by molar-refractivity contribution is -0.287. The monoisotopic (exact) mass is 348 g/mol. The fraction of sp³-hybridized carbons (Fsp3) is 0.214. The molecule has 3 aromatic rings. The predicted molar refractivity (Wildman–Crippen MR) is 75.0 cm³/mol. The lowest BCUT2D eigenvalue weighted by Gasteiger charge is -2.17. The van der Waals surface area contributed by atoms with Crippen molar-refractivity contribution in [1.29, 1.82) is 0 Å². The van der Waals surface area contributed by atoms with E-state index in [0.717, 1.165) is 6.07 Å². The first-order valence-electron chi connectivity index (χ1n) is 6.40. The molecule has 0 radical (unpaired) electrons. The number of alkyl halides is 5. The molecule has 0 N–H and O–H groups in total. The highest BCUT2D eigenvalue weighted by Crippen LogP contribution is 2.46. The molecule has 0 aliphatic carbocycles. The highest BCUT2D eigenvalue weighted by molar-refractivity contribution is 7.12. The zero-order valence-electron chi connectivity index (χ0n) is 11.3. The van der Waals surface area contributed by atoms with Gasteiger partial charge in [-0.2, -0.15) is 22.0 Å². The van der Waals surface area contributed by atoms with E-state index in [4.69, 9.17) is 0 Å². The molecule has 3 rings (SSSR count). The number of aromatic nitrogens is 2. The Hall–Kier alpha value is -2.16. The van der Waals surface area contributed by atoms with Crippen LogP contribution in [0.4, 0.5) is 22.0 Å². The van der Waals surface area contributed by atoms with Crippen LogP contribution in [0.5, 0.6) is 0 Å². The topological polar surface area (TPSA) is 26.4 Å². The summed E-state index contributed by atoms with van der Waals surface area (Å²) in [7, 11) is 0. The third-order valence-corrected chi connectivity index (χ3v) is 4.46. The van der Waals surface area contributed by atoms with Crippen LogP contribution in [0.2, 0.25) is 0 Å². The summed E-state index contributed by atoms with van der Waals surface area (Å²) in [6.07, 6.45) is -0.906. The number of rotatable bonds is 3. The van der Waals surface area contributed by atoms with Crippen LogP contribution in [0.1, 0.15) is 9.75 Å². The molecule has 3 aromatic heterocycles. The van der Waals surface area contributed by atoms with E-state index in [1.54, 1.807) is 28.9 Å². The lowest BCUT2D eigenvalue weighted by Crippen LogP contribution is -2.32. The molecule has 9 heteroatoms. The first-order valence-corrected chi connectivity index (χ1v) is 7.21. The van der Waals surface area contributed by atoms with Gasteiger partial charge < -0.3 is 8.97 Å². The Labute approximate surface area is 130 Å². The van der Waals surface area contributed by atoms with E-state index >= 15 is 0 Å². The third kappa shape index (κ3) is 2.65. The predicted octanol–water partition coefficient (Wildman–Crippen LogP) is 3.86. The van der Waals surface area contributed by atoms with Gasteiger partial charge in [-0.15, -0.1) is 11.3 Å². The second kappa shape index (κ2) is 5.19. The van der Waals surface area contributed by atoms with Gasteiger partial charge in [0, 0.05) is 23.5 Å². The van der Waals surface area contributed by atoms with Crippen LogP contribution in [-0.2, 0) is 12.5 Å². The van der Waals surface area contributed by atoms with E-state index in [9.17, 15) is 26.7 Å². The molecule has 0 aliphatic heterocycles. The summed E-state index contributed by atoms with van der Waals surface area (Å²) < 4.78 is 66.5. The number of halogens is 5. The van der Waals surface area contributed by atoms with Crippen molar-refractivity contribution in [3.8, 4) is 0 Å². The minimum atomic E-state index is -5.64. The maximum Gasteiger partial charge on any atom is 0.458 e. The maximum absolute atomic E-state index is 13.3. The second-order valence-electron chi connectivity index (χ2n) is 4.87. The van der Waals surface area contributed by atoms with Gasteiger partial charge in [0.25, 0.3) is 5.56 Å². The molecule has 0 bridgehead atoms. The normalized spacial score (nSPS) is 12.9. The van der Waals surface area contributed by atoms with E-state index in [0.29, 0.717) is 16.9 Å². The highest BCUT2D eigenvalue weighted by Gasteiger charge is 2.59. The number of hydrogen-bond acceptors (Lipinski definition) is 2. The molecule has 0 fully saturated rings. The van der Waals surface area contributed by atoms with Gasteiger partial charge in [-0.05, 0) is 24.3 Å². The molecule has 0 saturated heterocycles. The average molecular weight is 348 g/mol. The number of hydrogen-bond donors (Lipinski definition) is 0. The van der Waals surface area contributed by atoms with Crippen molar-refractivity contribution >= 4 is 16.9 Å². The molecule has 23 heavy (non-hydrogen) atoms. The summed E-state index contributed by atoms with van der Waals surface area (Å²) >= 11 is 0.341. The first-order chi connectivity index (χ1) is 10.7. The third-order valence-electron chi connectivity index (χ3n) is 3.32. The van der Waals surface area contributed by atoms with E-state index < -0.39 is 17.0 Å². The van der Waals surface area contributed by atoms with Crippen LogP contribution in [0.25, 0.3) is 5.52 Å². The van der Waals surface area contributed by atoms with E-state index in [1.165, 1.54) is 16.8 Å². The van der Waals surface area contributed by atoms with Crippen molar-refractivity contribution in [1.82, 2.24) is 8.97 Å². The molecule has 0 spiro atoms. The summed E-state index contributed by atoms with van der Waals surface area (Å²) in [4.78, 5) is 11.3. The van der Waals surface area contributed by atoms with Gasteiger partial charge in [-0.25, -0.2) is 0 Å². The Morgan fingerprint density at radius 3 is 2.43 bits per heavy atom. The van der Waals surface area contributed by atoms with E-state index in [2.05, 4.69) is 0 Å². The van der Waals surface area contributed by atoms with Crippen molar-refractivity contribution in [2.24, 2.45) is 0 Å². The smallest absolute Gasteiger partial charge is 0.318 e. The summed E-state index contributed by atoms with van der Waals surface area (Å²) in [5.74, 6) is -4.90. The quantitative estimate of drug-likeness (QED) is 0.660. The largest absolute Gasteiger partial charge is 0.458 e. The van der Waals surface area contributed by atoms with Crippen LogP contribution in [0.15, 0.2) is 47.7 Å². The molecule has 0 atom stereocenters. The Bertz CT molecular complexity index is 906. The van der Waals surface area contributed by atoms with E-state index in [1.807, 2.05) is 0 Å². The molecule has 0 amide bonds. The van der Waals surface area contributed by atoms with E-state index in [-0.39, 0.29) is 17.0 Å². The Morgan fingerprint density at radius 1 is 1.00 bits per heavy atom. The molecule has 0 unspecified atom stereocenters. The zero-order valence-corrected chi connectivity index (χ0v) is 12.2. The standard InChI is InChI=1S/C14H9F5N2OS/c15-13(16,14(17,18)19)11-4-3-9(23-11)8-21-7-6-20-5-1-2-10(20)12(21)22/h1-7H,8H2. The molecule has 0 saturated carbocycles. The summed E-state index contributed by atoms with van der Waals surface area (Å²) in [5.41, 5.74) is 0.0416. The van der Waals surface area contributed by atoms with Gasteiger partial charge >= 0.3 is 12.1 Å². The molecule has 122 valence electrons. The van der Waals surface area contributed by atoms with Gasteiger partial charge in [0.2, 0.25) is 0 Å². The maximum atomic E-state index is 13.3. The van der Waals surface area contributed by atoms with Crippen LogP contribution in [0.3, 0.4) is 0 Å². The zero-order chi connectivity index (χ0) is 16.8. The van der Waals surface area contributed by atoms with Crippen LogP contribution < -0.4 is 5.56 Å². The molecular weight excluding hydrogens is 339 g/mol. The van der Waals surface area contributed by atoms with Crippen molar-refractivity contribution < 1.29 is 22.0 Å². The van der Waals surface area contributed by atoms with Crippen LogP contribution in [0, 0.1) is 0 Å². The summed E-state index contributed by atoms with van der Waals surface area (Å²) in [6.45, 7) is -0.0703. The summed E-state index contributed by atoms with van der Waals surface area (Å²) in [5, 5.41) is 0. The van der Waals surface area contributed by atoms with Crippen LogP contribution >= 0.6 is 11.3 Å². The minimum Gasteiger partial charge on any atom is -0.318 e.